The van der Waals surface area contributed by atoms with E-state index in [2.05, 4.69) is 15.2 Å². The van der Waals surface area contributed by atoms with E-state index in [0.29, 0.717) is 24.4 Å². The Morgan fingerprint density at radius 2 is 1.89 bits per heavy atom. The summed E-state index contributed by atoms with van der Waals surface area (Å²) in [5.41, 5.74) is 0. The van der Waals surface area contributed by atoms with Crippen LogP contribution in [0.2, 0.25) is 0 Å². The van der Waals surface area contributed by atoms with Gasteiger partial charge < -0.3 is 15.2 Å². The van der Waals surface area contributed by atoms with Crippen LogP contribution in [0, 0.1) is 5.92 Å². The predicted octanol–water partition coefficient (Wildman–Crippen LogP) is 1.52. The standard InChI is InChI=1S/C15H23N3O/c19-15(16-5-8-18-6-1-2-7-18)11-12-9-13-3-4-14(10-12)17-13/h1-2,6-7,12-14,17H,3-5,8-11H2,(H,16,19). The molecule has 1 amide bonds. The first-order valence-corrected chi connectivity index (χ1v) is 7.43. The maximum absolute atomic E-state index is 11.9. The SMILES string of the molecule is O=C(CC1CC2CCC(C1)N2)NCCn1cccc1. The molecular weight excluding hydrogens is 238 g/mol. The lowest BCUT2D eigenvalue weighted by Crippen LogP contribution is -2.40. The minimum absolute atomic E-state index is 0.221. The Morgan fingerprint density at radius 3 is 2.58 bits per heavy atom. The number of nitrogens with one attached hydrogen (secondary N) is 2. The second-order valence-electron chi connectivity index (χ2n) is 5.95. The number of hydrogen-bond acceptors (Lipinski definition) is 2. The Hall–Kier alpha value is -1.29. The van der Waals surface area contributed by atoms with Crippen LogP contribution in [0.3, 0.4) is 0 Å². The van der Waals surface area contributed by atoms with Crippen LogP contribution in [0.1, 0.15) is 32.1 Å². The lowest BCUT2D eigenvalue weighted by molar-refractivity contribution is -0.122. The summed E-state index contributed by atoms with van der Waals surface area (Å²) in [5.74, 6) is 0.809. The van der Waals surface area contributed by atoms with Crippen molar-refractivity contribution in [1.29, 1.82) is 0 Å². The molecule has 1 aromatic heterocycles. The molecule has 0 saturated carbocycles. The molecule has 4 nitrogen and oxygen atoms in total. The van der Waals surface area contributed by atoms with Crippen LogP contribution in [-0.2, 0) is 11.3 Å². The van der Waals surface area contributed by atoms with Crippen molar-refractivity contribution in [3.63, 3.8) is 0 Å². The van der Waals surface area contributed by atoms with Gasteiger partial charge in [0.25, 0.3) is 0 Å². The summed E-state index contributed by atoms with van der Waals surface area (Å²) in [4.78, 5) is 11.9. The van der Waals surface area contributed by atoms with E-state index in [9.17, 15) is 4.79 Å². The van der Waals surface area contributed by atoms with Crippen LogP contribution in [0.5, 0.6) is 0 Å². The molecule has 0 aromatic carbocycles. The third-order valence-electron chi connectivity index (χ3n) is 4.40. The molecule has 3 rings (SSSR count). The predicted molar refractivity (Wildman–Crippen MR) is 74.7 cm³/mol. The molecule has 4 heteroatoms. The van der Waals surface area contributed by atoms with E-state index < -0.39 is 0 Å². The van der Waals surface area contributed by atoms with E-state index in [1.165, 1.54) is 25.7 Å². The molecule has 2 fully saturated rings. The van der Waals surface area contributed by atoms with Gasteiger partial charge in [-0.1, -0.05) is 0 Å². The maximum atomic E-state index is 11.9. The van der Waals surface area contributed by atoms with Gasteiger partial charge in [-0.25, -0.2) is 0 Å². The first-order chi connectivity index (χ1) is 9.29. The van der Waals surface area contributed by atoms with Crippen LogP contribution in [-0.4, -0.2) is 29.1 Å². The normalized spacial score (nSPS) is 29.4. The van der Waals surface area contributed by atoms with Gasteiger partial charge in [0, 0.05) is 44.0 Å². The van der Waals surface area contributed by atoms with E-state index in [1.54, 1.807) is 0 Å². The second kappa shape index (κ2) is 5.78. The van der Waals surface area contributed by atoms with Gasteiger partial charge in [0.1, 0.15) is 0 Å². The third-order valence-corrected chi connectivity index (χ3v) is 4.40. The van der Waals surface area contributed by atoms with Crippen LogP contribution in [0.4, 0.5) is 0 Å². The highest BCUT2D eigenvalue weighted by Crippen LogP contribution is 2.32. The molecule has 2 N–H and O–H groups in total. The zero-order chi connectivity index (χ0) is 13.1. The van der Waals surface area contributed by atoms with Gasteiger partial charge in [-0.05, 0) is 43.7 Å². The summed E-state index contributed by atoms with van der Waals surface area (Å²) in [6.45, 7) is 1.58. The van der Waals surface area contributed by atoms with E-state index in [0.717, 1.165) is 13.1 Å². The van der Waals surface area contributed by atoms with Gasteiger partial charge in [-0.3, -0.25) is 4.79 Å². The lowest BCUT2D eigenvalue weighted by atomic mass is 9.89. The molecule has 2 aliphatic rings. The van der Waals surface area contributed by atoms with Gasteiger partial charge in [-0.2, -0.15) is 0 Å². The summed E-state index contributed by atoms with van der Waals surface area (Å²) >= 11 is 0. The van der Waals surface area contributed by atoms with Crippen molar-refractivity contribution < 1.29 is 4.79 Å². The van der Waals surface area contributed by atoms with E-state index in [1.807, 2.05) is 24.5 Å². The second-order valence-corrected chi connectivity index (χ2v) is 5.95. The minimum Gasteiger partial charge on any atom is -0.354 e. The number of piperidine rings is 1. The monoisotopic (exact) mass is 261 g/mol. The highest BCUT2D eigenvalue weighted by atomic mass is 16.1. The third kappa shape index (κ3) is 3.38. The van der Waals surface area contributed by atoms with E-state index >= 15 is 0 Å². The molecule has 2 atom stereocenters. The molecule has 0 radical (unpaired) electrons. The first kappa shape index (κ1) is 12.7. The average molecular weight is 261 g/mol. The number of hydrogen-bond donors (Lipinski definition) is 2. The van der Waals surface area contributed by atoms with Crippen LogP contribution in [0.15, 0.2) is 24.5 Å². The van der Waals surface area contributed by atoms with Gasteiger partial charge in [-0.15, -0.1) is 0 Å². The molecule has 2 aliphatic heterocycles. The first-order valence-electron chi connectivity index (χ1n) is 7.43. The number of amides is 1. The molecule has 0 aliphatic carbocycles. The quantitative estimate of drug-likeness (QED) is 0.844. The van der Waals surface area contributed by atoms with Gasteiger partial charge in [0.15, 0.2) is 0 Å². The number of aromatic nitrogens is 1. The molecule has 104 valence electrons. The molecule has 3 heterocycles. The Labute approximate surface area is 114 Å². The van der Waals surface area contributed by atoms with E-state index in [4.69, 9.17) is 0 Å². The van der Waals surface area contributed by atoms with Crippen LogP contribution < -0.4 is 10.6 Å². The fourth-order valence-electron chi connectivity index (χ4n) is 3.52. The van der Waals surface area contributed by atoms with Crippen molar-refractivity contribution in [2.24, 2.45) is 5.92 Å². The summed E-state index contributed by atoms with van der Waals surface area (Å²) in [7, 11) is 0. The zero-order valence-electron chi connectivity index (χ0n) is 11.3. The number of fused-ring (bicyclic) bond motifs is 2. The highest BCUT2D eigenvalue weighted by Gasteiger charge is 2.33. The van der Waals surface area contributed by atoms with Crippen LogP contribution in [0.25, 0.3) is 0 Å². The Kier molecular flexibility index (Phi) is 3.87. The largest absolute Gasteiger partial charge is 0.354 e. The number of nitrogens with zero attached hydrogens (tertiary/aromatic N) is 1. The van der Waals surface area contributed by atoms with Crippen molar-refractivity contribution in [3.05, 3.63) is 24.5 Å². The number of carbonyl (C=O) groups excluding carboxylic acids is 1. The minimum atomic E-state index is 0.221. The molecule has 19 heavy (non-hydrogen) atoms. The van der Waals surface area contributed by atoms with Gasteiger partial charge >= 0.3 is 0 Å². The summed E-state index contributed by atoms with van der Waals surface area (Å²) in [5, 5.41) is 6.66. The van der Waals surface area contributed by atoms with Gasteiger partial charge in [0.05, 0.1) is 0 Å². The average Bonchev–Trinajstić information content (AvgIpc) is 2.99. The van der Waals surface area contributed by atoms with E-state index in [-0.39, 0.29) is 5.91 Å². The molecule has 2 saturated heterocycles. The fraction of sp³-hybridized carbons (Fsp3) is 0.667. The van der Waals surface area contributed by atoms with Crippen molar-refractivity contribution in [3.8, 4) is 0 Å². The fourth-order valence-corrected chi connectivity index (χ4v) is 3.52. The molecule has 2 unspecified atom stereocenters. The molecule has 2 bridgehead atoms. The molecule has 0 spiro atoms. The Morgan fingerprint density at radius 1 is 1.21 bits per heavy atom. The highest BCUT2D eigenvalue weighted by molar-refractivity contribution is 5.76. The smallest absolute Gasteiger partial charge is 0.220 e. The maximum Gasteiger partial charge on any atom is 0.220 e. The van der Waals surface area contributed by atoms with Crippen molar-refractivity contribution >= 4 is 5.91 Å². The van der Waals surface area contributed by atoms with Gasteiger partial charge in [0.2, 0.25) is 5.91 Å². The van der Waals surface area contributed by atoms with Crippen molar-refractivity contribution in [2.75, 3.05) is 6.54 Å². The summed E-state index contributed by atoms with van der Waals surface area (Å²) in [6.07, 6.45) is 9.73. The number of carbonyl (C=O) groups is 1. The lowest BCUT2D eigenvalue weighted by Gasteiger charge is -2.28. The Bertz CT molecular complexity index is 403. The molecule has 1 aromatic rings. The summed E-state index contributed by atoms with van der Waals surface area (Å²) < 4.78 is 2.09. The van der Waals surface area contributed by atoms with Crippen molar-refractivity contribution in [2.45, 2.75) is 50.7 Å². The zero-order valence-corrected chi connectivity index (χ0v) is 11.3. The van der Waals surface area contributed by atoms with Crippen LogP contribution >= 0.6 is 0 Å². The van der Waals surface area contributed by atoms with Crippen molar-refractivity contribution in [1.82, 2.24) is 15.2 Å². The Balaban J connectivity index is 1.37. The number of rotatable bonds is 5. The topological polar surface area (TPSA) is 46.1 Å². The summed E-state index contributed by atoms with van der Waals surface area (Å²) in [6, 6.07) is 5.37. The molecular formula is C15H23N3O.